The van der Waals surface area contributed by atoms with Crippen molar-refractivity contribution in [3.63, 3.8) is 0 Å². The van der Waals surface area contributed by atoms with Gasteiger partial charge in [-0.1, -0.05) is 247 Å². The highest BCUT2D eigenvalue weighted by Crippen LogP contribution is 2.45. The van der Waals surface area contributed by atoms with Gasteiger partial charge in [-0.15, -0.1) is 0 Å². The van der Waals surface area contributed by atoms with E-state index in [0.717, 1.165) is 108 Å². The Bertz CT molecular complexity index is 1580. The molecule has 0 aromatic heterocycles. The standard InChI is InChI=1S/C61H118O17P2/c1-7-9-11-13-15-18-27-33-39-45-60(65)77-56(49-71-58(63)43-37-31-25-16-14-12-10-8-2)51-75-79(67,68)73-47-55(62)48-74-80(69,70)76-52-57(50-72-59(64)44-38-32-26-22-21-24-30-36-42-54(5)6)78-61(66)46-40-34-28-20-17-19-23-29-35-41-53(3)4/h53-57,62H,7-52H2,1-6H3,(H,67,68)(H,69,70)/t55-,56+,57+/m0/s1. The Morgan fingerprint density at radius 2 is 0.575 bits per heavy atom. The Kier molecular flexibility index (Phi) is 52.5. The Balaban J connectivity index is 5.23. The van der Waals surface area contributed by atoms with Crippen molar-refractivity contribution in [1.82, 2.24) is 0 Å². The number of rotatable bonds is 60. The van der Waals surface area contributed by atoms with Crippen LogP contribution in [-0.2, 0) is 65.4 Å². The molecule has 0 aromatic rings. The molecule has 0 aromatic carbocycles. The first-order valence-electron chi connectivity index (χ1n) is 32.0. The fourth-order valence-electron chi connectivity index (χ4n) is 9.00. The summed E-state index contributed by atoms with van der Waals surface area (Å²) in [7, 11) is -9.88. The molecule has 474 valence electrons. The number of carbonyl (C=O) groups is 4. The van der Waals surface area contributed by atoms with Gasteiger partial charge in [0, 0.05) is 25.7 Å². The van der Waals surface area contributed by atoms with Gasteiger partial charge >= 0.3 is 39.5 Å². The molecule has 0 bridgehead atoms. The van der Waals surface area contributed by atoms with Gasteiger partial charge in [0.25, 0.3) is 0 Å². The van der Waals surface area contributed by atoms with E-state index >= 15 is 0 Å². The molecule has 0 aliphatic carbocycles. The first kappa shape index (κ1) is 78.1. The van der Waals surface area contributed by atoms with Crippen LogP contribution in [0.2, 0.25) is 0 Å². The number of unbranched alkanes of at least 4 members (excludes halogenated alkanes) is 30. The molecule has 17 nitrogen and oxygen atoms in total. The van der Waals surface area contributed by atoms with Crippen molar-refractivity contribution in [1.29, 1.82) is 0 Å². The molecule has 19 heteroatoms. The smallest absolute Gasteiger partial charge is 0.462 e. The van der Waals surface area contributed by atoms with Crippen molar-refractivity contribution in [3.8, 4) is 0 Å². The first-order valence-corrected chi connectivity index (χ1v) is 35.0. The van der Waals surface area contributed by atoms with Crippen LogP contribution in [0.1, 0.15) is 298 Å². The van der Waals surface area contributed by atoms with E-state index in [9.17, 15) is 43.2 Å². The molecule has 2 unspecified atom stereocenters. The lowest BCUT2D eigenvalue weighted by molar-refractivity contribution is -0.161. The second-order valence-electron chi connectivity index (χ2n) is 23.0. The number of phosphoric acid groups is 2. The van der Waals surface area contributed by atoms with Gasteiger partial charge in [0.15, 0.2) is 12.2 Å². The highest BCUT2D eigenvalue weighted by molar-refractivity contribution is 7.47. The molecule has 0 heterocycles. The lowest BCUT2D eigenvalue weighted by Crippen LogP contribution is -2.30. The molecule has 0 radical (unpaired) electrons. The number of carbonyl (C=O) groups excluding carboxylic acids is 4. The van der Waals surface area contributed by atoms with Crippen molar-refractivity contribution >= 4 is 39.5 Å². The third-order valence-corrected chi connectivity index (χ3v) is 15.9. The predicted molar refractivity (Wildman–Crippen MR) is 317 cm³/mol. The number of esters is 4. The second kappa shape index (κ2) is 53.8. The van der Waals surface area contributed by atoms with Gasteiger partial charge in [0.05, 0.1) is 26.4 Å². The normalized spacial score (nSPS) is 14.4. The van der Waals surface area contributed by atoms with Gasteiger partial charge in [-0.3, -0.25) is 37.3 Å². The molecule has 0 saturated carbocycles. The SMILES string of the molecule is CCCCCCCCCCCC(=O)O[C@H](COC(=O)CCCCCCCCCC)COP(=O)(O)OC[C@H](O)COP(=O)(O)OC[C@@H](COC(=O)CCCCCCCCCCC(C)C)OC(=O)CCCCCCCCCCCC(C)C. The van der Waals surface area contributed by atoms with Gasteiger partial charge < -0.3 is 33.8 Å². The van der Waals surface area contributed by atoms with Crippen LogP contribution in [0.25, 0.3) is 0 Å². The van der Waals surface area contributed by atoms with E-state index in [0.29, 0.717) is 25.7 Å². The lowest BCUT2D eigenvalue weighted by Gasteiger charge is -2.21. The molecule has 0 amide bonds. The Labute approximate surface area is 486 Å². The molecular weight excluding hydrogens is 1070 g/mol. The molecule has 0 aliphatic heterocycles. The summed E-state index contributed by atoms with van der Waals surface area (Å²) in [6, 6.07) is 0. The fraction of sp³-hybridized carbons (Fsp3) is 0.934. The number of hydrogen-bond acceptors (Lipinski definition) is 15. The van der Waals surface area contributed by atoms with Gasteiger partial charge in [-0.25, -0.2) is 9.13 Å². The molecule has 0 fully saturated rings. The quantitative estimate of drug-likeness (QED) is 0.0222. The average molecular weight is 1190 g/mol. The highest BCUT2D eigenvalue weighted by atomic mass is 31.2. The zero-order valence-corrected chi connectivity index (χ0v) is 53.2. The topological polar surface area (TPSA) is 237 Å². The largest absolute Gasteiger partial charge is 0.472 e. The second-order valence-corrected chi connectivity index (χ2v) is 25.9. The van der Waals surface area contributed by atoms with Gasteiger partial charge in [0.1, 0.15) is 19.3 Å². The number of aliphatic hydroxyl groups is 1. The summed E-state index contributed by atoms with van der Waals surface area (Å²) in [5, 5.41) is 10.5. The predicted octanol–water partition coefficient (Wildman–Crippen LogP) is 16.5. The average Bonchev–Trinajstić information content (AvgIpc) is 3.41. The van der Waals surface area contributed by atoms with E-state index in [1.165, 1.54) is 109 Å². The number of ether oxygens (including phenoxy) is 4. The summed E-state index contributed by atoms with van der Waals surface area (Å²) in [5.74, 6) is -0.679. The summed E-state index contributed by atoms with van der Waals surface area (Å²) in [6.07, 6.45) is 34.9. The van der Waals surface area contributed by atoms with E-state index in [2.05, 4.69) is 41.5 Å². The molecule has 0 aliphatic rings. The van der Waals surface area contributed by atoms with Crippen LogP contribution >= 0.6 is 15.6 Å². The Hall–Kier alpha value is -1.94. The fourth-order valence-corrected chi connectivity index (χ4v) is 10.6. The third-order valence-electron chi connectivity index (χ3n) is 14.0. The van der Waals surface area contributed by atoms with Crippen LogP contribution in [0.4, 0.5) is 0 Å². The number of aliphatic hydroxyl groups excluding tert-OH is 1. The van der Waals surface area contributed by atoms with Crippen LogP contribution in [0.15, 0.2) is 0 Å². The molecular formula is C61H118O17P2. The molecule has 0 saturated heterocycles. The van der Waals surface area contributed by atoms with E-state index in [1.54, 1.807) is 0 Å². The maximum atomic E-state index is 12.9. The first-order chi connectivity index (χ1) is 38.4. The summed E-state index contributed by atoms with van der Waals surface area (Å²) < 4.78 is 67.8. The van der Waals surface area contributed by atoms with Crippen molar-refractivity contribution in [3.05, 3.63) is 0 Å². The Morgan fingerprint density at radius 1 is 0.338 bits per heavy atom. The van der Waals surface area contributed by atoms with Crippen LogP contribution < -0.4 is 0 Å². The summed E-state index contributed by atoms with van der Waals surface area (Å²) in [6.45, 7) is 9.37. The van der Waals surface area contributed by atoms with E-state index in [4.69, 9.17) is 37.0 Å². The van der Waals surface area contributed by atoms with Crippen LogP contribution in [0.5, 0.6) is 0 Å². The van der Waals surface area contributed by atoms with E-state index in [-0.39, 0.29) is 25.7 Å². The summed E-state index contributed by atoms with van der Waals surface area (Å²) in [5.41, 5.74) is 0. The van der Waals surface area contributed by atoms with Crippen molar-refractivity contribution in [2.45, 2.75) is 317 Å². The van der Waals surface area contributed by atoms with Gasteiger partial charge in [0.2, 0.25) is 0 Å². The van der Waals surface area contributed by atoms with Crippen LogP contribution in [0.3, 0.4) is 0 Å². The monoisotopic (exact) mass is 1180 g/mol. The zero-order chi connectivity index (χ0) is 59.4. The molecule has 5 atom stereocenters. The minimum atomic E-state index is -4.94. The van der Waals surface area contributed by atoms with E-state index in [1.807, 2.05) is 0 Å². The molecule has 0 rings (SSSR count). The summed E-state index contributed by atoms with van der Waals surface area (Å²) in [4.78, 5) is 72.0. The minimum Gasteiger partial charge on any atom is -0.462 e. The van der Waals surface area contributed by atoms with Gasteiger partial charge in [-0.05, 0) is 37.5 Å². The van der Waals surface area contributed by atoms with Crippen LogP contribution in [-0.4, -0.2) is 96.7 Å². The number of hydrogen-bond donors (Lipinski definition) is 3. The van der Waals surface area contributed by atoms with Crippen molar-refractivity contribution < 1.29 is 80.2 Å². The zero-order valence-electron chi connectivity index (χ0n) is 51.4. The third kappa shape index (κ3) is 55.3. The molecule has 0 spiro atoms. The van der Waals surface area contributed by atoms with E-state index < -0.39 is 97.5 Å². The van der Waals surface area contributed by atoms with Crippen molar-refractivity contribution in [2.75, 3.05) is 39.6 Å². The lowest BCUT2D eigenvalue weighted by atomic mass is 10.0. The Morgan fingerprint density at radius 3 is 0.850 bits per heavy atom. The minimum absolute atomic E-state index is 0.105. The summed E-state index contributed by atoms with van der Waals surface area (Å²) >= 11 is 0. The molecule has 80 heavy (non-hydrogen) atoms. The van der Waals surface area contributed by atoms with Gasteiger partial charge in [-0.2, -0.15) is 0 Å². The van der Waals surface area contributed by atoms with Crippen molar-refractivity contribution in [2.24, 2.45) is 11.8 Å². The maximum absolute atomic E-state index is 12.9. The maximum Gasteiger partial charge on any atom is 0.472 e. The van der Waals surface area contributed by atoms with Crippen LogP contribution in [0, 0.1) is 11.8 Å². The number of phosphoric ester groups is 2. The highest BCUT2D eigenvalue weighted by Gasteiger charge is 2.30. The molecule has 3 N–H and O–H groups in total.